The third-order valence-corrected chi connectivity index (χ3v) is 4.82. The maximum absolute atomic E-state index is 11.7. The third-order valence-electron chi connectivity index (χ3n) is 3.39. The zero-order valence-corrected chi connectivity index (χ0v) is 15.1. The van der Waals surface area contributed by atoms with Gasteiger partial charge in [0.05, 0.1) is 11.4 Å². The van der Waals surface area contributed by atoms with Gasteiger partial charge in [-0.2, -0.15) is 0 Å². The van der Waals surface area contributed by atoms with Crippen LogP contribution in [0.5, 0.6) is 0 Å². The van der Waals surface area contributed by atoms with Gasteiger partial charge in [0.15, 0.2) is 0 Å². The second kappa shape index (κ2) is 9.39. The Morgan fingerprint density at radius 1 is 1.04 bits per heavy atom. The van der Waals surface area contributed by atoms with Gasteiger partial charge in [0.25, 0.3) is 0 Å². The lowest BCUT2D eigenvalue weighted by molar-refractivity contribution is -0.126. The van der Waals surface area contributed by atoms with Crippen molar-refractivity contribution in [3.05, 3.63) is 29.8 Å². The van der Waals surface area contributed by atoms with Crippen LogP contribution in [-0.4, -0.2) is 33.8 Å². The summed E-state index contributed by atoms with van der Waals surface area (Å²) in [6.45, 7) is 4.27. The number of carbonyl (C=O) groups excluding carboxylic acids is 2. The smallest absolute Gasteiger partial charge is 0.240 e. The van der Waals surface area contributed by atoms with Gasteiger partial charge in [-0.15, -0.1) is 0 Å². The molecule has 134 valence electrons. The molecule has 8 heteroatoms. The lowest BCUT2D eigenvalue weighted by Crippen LogP contribution is -2.36. The molecule has 0 aliphatic carbocycles. The average molecular weight is 355 g/mol. The Hall–Kier alpha value is -1.93. The summed E-state index contributed by atoms with van der Waals surface area (Å²) in [4.78, 5) is 23.4. The summed E-state index contributed by atoms with van der Waals surface area (Å²) in [5.41, 5.74) is 0.768. The highest BCUT2D eigenvalue weighted by Crippen LogP contribution is 2.09. The predicted molar refractivity (Wildman–Crippen MR) is 91.6 cm³/mol. The molecule has 0 spiro atoms. The van der Waals surface area contributed by atoms with Crippen LogP contribution in [0.3, 0.4) is 0 Å². The van der Waals surface area contributed by atoms with Crippen LogP contribution in [0, 0.1) is 5.92 Å². The van der Waals surface area contributed by atoms with E-state index in [2.05, 4.69) is 15.4 Å². The number of carbonyl (C=O) groups is 2. The fraction of sp³-hybridized carbons (Fsp3) is 0.500. The first-order chi connectivity index (χ1) is 11.2. The molecule has 0 saturated heterocycles. The molecule has 0 saturated carbocycles. The maximum Gasteiger partial charge on any atom is 0.240 e. The van der Waals surface area contributed by atoms with Crippen molar-refractivity contribution in [2.75, 3.05) is 13.6 Å². The molecule has 1 rings (SSSR count). The molecule has 0 aliphatic heterocycles. The SMILES string of the molecule is CNS(=O)(=O)c1ccc(CNC(=O)CNC(=O)CCC(C)C)cc1. The first-order valence-corrected chi connectivity index (χ1v) is 9.29. The van der Waals surface area contributed by atoms with Crippen molar-refractivity contribution in [3.8, 4) is 0 Å². The van der Waals surface area contributed by atoms with Crippen LogP contribution < -0.4 is 15.4 Å². The van der Waals surface area contributed by atoms with Crippen molar-refractivity contribution < 1.29 is 18.0 Å². The van der Waals surface area contributed by atoms with Crippen molar-refractivity contribution in [2.24, 2.45) is 5.92 Å². The first-order valence-electron chi connectivity index (χ1n) is 7.80. The van der Waals surface area contributed by atoms with Gasteiger partial charge in [0, 0.05) is 13.0 Å². The topological polar surface area (TPSA) is 104 Å². The van der Waals surface area contributed by atoms with Crippen LogP contribution in [0.25, 0.3) is 0 Å². The lowest BCUT2D eigenvalue weighted by atomic mass is 10.1. The zero-order valence-electron chi connectivity index (χ0n) is 14.3. The monoisotopic (exact) mass is 355 g/mol. The second-order valence-corrected chi connectivity index (χ2v) is 7.72. The van der Waals surface area contributed by atoms with E-state index in [1.54, 1.807) is 12.1 Å². The number of benzene rings is 1. The Kier molecular flexibility index (Phi) is 7.87. The number of hydrogen-bond acceptors (Lipinski definition) is 4. The minimum absolute atomic E-state index is 0.0663. The van der Waals surface area contributed by atoms with Crippen molar-refractivity contribution in [2.45, 2.75) is 38.1 Å². The standard InChI is InChI=1S/C16H25N3O4S/c1-12(2)4-9-15(20)19-11-16(21)18-10-13-5-7-14(8-6-13)24(22,23)17-3/h5-8,12,17H,4,9-11H2,1-3H3,(H,18,21)(H,19,20). The predicted octanol–water partition coefficient (Wildman–Crippen LogP) is 0.763. The zero-order chi connectivity index (χ0) is 18.2. The van der Waals surface area contributed by atoms with Crippen molar-refractivity contribution in [3.63, 3.8) is 0 Å². The molecule has 0 unspecified atom stereocenters. The minimum Gasteiger partial charge on any atom is -0.350 e. The number of nitrogens with one attached hydrogen (secondary N) is 3. The van der Waals surface area contributed by atoms with E-state index in [-0.39, 0.29) is 29.8 Å². The lowest BCUT2D eigenvalue weighted by Gasteiger charge is -2.08. The van der Waals surface area contributed by atoms with Crippen LogP contribution in [0.1, 0.15) is 32.3 Å². The molecule has 0 radical (unpaired) electrons. The van der Waals surface area contributed by atoms with Crippen LogP contribution in [-0.2, 0) is 26.2 Å². The van der Waals surface area contributed by atoms with E-state index >= 15 is 0 Å². The van der Waals surface area contributed by atoms with Crippen molar-refractivity contribution in [1.82, 2.24) is 15.4 Å². The highest BCUT2D eigenvalue weighted by atomic mass is 32.2. The van der Waals surface area contributed by atoms with Gasteiger partial charge in [0.1, 0.15) is 0 Å². The van der Waals surface area contributed by atoms with Gasteiger partial charge in [0.2, 0.25) is 21.8 Å². The van der Waals surface area contributed by atoms with Gasteiger partial charge < -0.3 is 10.6 Å². The number of sulfonamides is 1. The van der Waals surface area contributed by atoms with Gasteiger partial charge >= 0.3 is 0 Å². The van der Waals surface area contributed by atoms with Gasteiger partial charge in [-0.3, -0.25) is 9.59 Å². The highest BCUT2D eigenvalue weighted by Gasteiger charge is 2.11. The molecule has 7 nitrogen and oxygen atoms in total. The highest BCUT2D eigenvalue weighted by molar-refractivity contribution is 7.89. The quantitative estimate of drug-likeness (QED) is 0.608. The van der Waals surface area contributed by atoms with E-state index in [0.29, 0.717) is 12.3 Å². The van der Waals surface area contributed by atoms with E-state index in [0.717, 1.165) is 12.0 Å². The van der Waals surface area contributed by atoms with Crippen LogP contribution in [0.2, 0.25) is 0 Å². The maximum atomic E-state index is 11.7. The summed E-state index contributed by atoms with van der Waals surface area (Å²) in [6, 6.07) is 6.21. The van der Waals surface area contributed by atoms with E-state index in [9.17, 15) is 18.0 Å². The van der Waals surface area contributed by atoms with E-state index in [1.807, 2.05) is 13.8 Å². The summed E-state index contributed by atoms with van der Waals surface area (Å²) in [5, 5.41) is 5.24. The van der Waals surface area contributed by atoms with Gasteiger partial charge in [-0.25, -0.2) is 13.1 Å². The fourth-order valence-electron chi connectivity index (χ4n) is 1.85. The summed E-state index contributed by atoms with van der Waals surface area (Å²) in [5.74, 6) is 0.0135. The Labute approximate surface area is 143 Å². The molecule has 24 heavy (non-hydrogen) atoms. The molecule has 0 heterocycles. The van der Waals surface area contributed by atoms with Gasteiger partial charge in [-0.1, -0.05) is 26.0 Å². The third kappa shape index (κ3) is 7.10. The molecule has 0 atom stereocenters. The molecule has 0 fully saturated rings. The van der Waals surface area contributed by atoms with Crippen LogP contribution >= 0.6 is 0 Å². The number of hydrogen-bond donors (Lipinski definition) is 3. The Bertz CT molecular complexity index is 654. The summed E-state index contributed by atoms with van der Waals surface area (Å²) in [7, 11) is -2.11. The van der Waals surface area contributed by atoms with Crippen LogP contribution in [0.15, 0.2) is 29.2 Å². The van der Waals surface area contributed by atoms with Crippen molar-refractivity contribution >= 4 is 21.8 Å². The normalized spacial score (nSPS) is 11.3. The molecular formula is C16H25N3O4S. The van der Waals surface area contributed by atoms with E-state index in [1.165, 1.54) is 19.2 Å². The molecule has 2 amide bonds. The fourth-order valence-corrected chi connectivity index (χ4v) is 2.58. The molecule has 1 aromatic rings. The van der Waals surface area contributed by atoms with E-state index in [4.69, 9.17) is 0 Å². The average Bonchev–Trinajstić information content (AvgIpc) is 2.56. The molecular weight excluding hydrogens is 330 g/mol. The number of amides is 2. The molecule has 1 aromatic carbocycles. The molecule has 3 N–H and O–H groups in total. The Balaban J connectivity index is 2.38. The largest absolute Gasteiger partial charge is 0.350 e. The molecule has 0 bridgehead atoms. The minimum atomic E-state index is -3.46. The Morgan fingerprint density at radius 3 is 2.21 bits per heavy atom. The molecule has 0 aromatic heterocycles. The second-order valence-electron chi connectivity index (χ2n) is 5.84. The number of rotatable bonds is 9. The molecule has 0 aliphatic rings. The van der Waals surface area contributed by atoms with E-state index < -0.39 is 10.0 Å². The van der Waals surface area contributed by atoms with Gasteiger partial charge in [-0.05, 0) is 37.1 Å². The van der Waals surface area contributed by atoms with Crippen LogP contribution in [0.4, 0.5) is 0 Å². The summed E-state index contributed by atoms with van der Waals surface area (Å²) >= 11 is 0. The summed E-state index contributed by atoms with van der Waals surface area (Å²) in [6.07, 6.45) is 1.20. The first kappa shape index (κ1) is 20.1. The summed E-state index contributed by atoms with van der Waals surface area (Å²) < 4.78 is 25.4. The van der Waals surface area contributed by atoms with Crippen molar-refractivity contribution in [1.29, 1.82) is 0 Å². The Morgan fingerprint density at radius 2 is 1.67 bits per heavy atom.